The van der Waals surface area contributed by atoms with Crippen LogP contribution in [-0.4, -0.2) is 43.5 Å². The summed E-state index contributed by atoms with van der Waals surface area (Å²) in [5.41, 5.74) is 2.78. The summed E-state index contributed by atoms with van der Waals surface area (Å²) in [7, 11) is 0. The van der Waals surface area contributed by atoms with Crippen LogP contribution in [0.5, 0.6) is 0 Å². The molecule has 3 fully saturated rings. The highest BCUT2D eigenvalue weighted by Crippen LogP contribution is 2.47. The van der Waals surface area contributed by atoms with Crippen LogP contribution in [0.15, 0.2) is 36.0 Å². The van der Waals surface area contributed by atoms with Gasteiger partial charge in [-0.3, -0.25) is 4.79 Å². The number of aromatic amines is 1. The van der Waals surface area contributed by atoms with E-state index in [1.807, 2.05) is 36.7 Å². The number of hydrogen-bond acceptors (Lipinski definition) is 8. The number of nitrogens with zero attached hydrogens (tertiary/aromatic N) is 4. The number of rotatable bonds is 6. The first-order valence-corrected chi connectivity index (χ1v) is 13.2. The van der Waals surface area contributed by atoms with E-state index < -0.39 is 0 Å². The largest absolute Gasteiger partial charge is 0.466 e. The maximum Gasteiger partial charge on any atom is 0.311 e. The summed E-state index contributed by atoms with van der Waals surface area (Å²) in [4.78, 5) is 35.6. The summed E-state index contributed by atoms with van der Waals surface area (Å²) >= 11 is 7.75. The number of fused-ring (bicyclic) bond motifs is 4. The minimum atomic E-state index is -0.163. The van der Waals surface area contributed by atoms with Gasteiger partial charge in [-0.05, 0) is 55.9 Å². The number of anilines is 1. The number of ether oxygens (including phenoxy) is 1. The normalized spacial score (nSPS) is 23.5. The summed E-state index contributed by atoms with van der Waals surface area (Å²) in [5, 5.41) is 5.98. The van der Waals surface area contributed by atoms with Crippen molar-refractivity contribution >= 4 is 45.9 Å². The molecule has 0 aliphatic heterocycles. The number of esters is 1. The van der Waals surface area contributed by atoms with Crippen LogP contribution < -0.4 is 5.32 Å². The molecule has 180 valence electrons. The Hall–Kier alpha value is -3.04. The molecule has 8 nitrogen and oxygen atoms in total. The third-order valence-electron chi connectivity index (χ3n) is 7.18. The van der Waals surface area contributed by atoms with Crippen LogP contribution in [0.2, 0.25) is 5.15 Å². The van der Waals surface area contributed by atoms with E-state index in [0.717, 1.165) is 41.8 Å². The van der Waals surface area contributed by atoms with E-state index in [9.17, 15) is 4.79 Å². The number of nitrogens with one attached hydrogen (secondary N) is 2. The van der Waals surface area contributed by atoms with E-state index in [1.165, 1.54) is 6.20 Å². The molecule has 0 amide bonds. The van der Waals surface area contributed by atoms with Crippen LogP contribution in [-0.2, 0) is 9.53 Å². The number of halogens is 1. The maximum absolute atomic E-state index is 12.9. The number of aromatic nitrogens is 5. The molecule has 0 radical (unpaired) electrons. The summed E-state index contributed by atoms with van der Waals surface area (Å²) < 4.78 is 5.48. The molecule has 4 aromatic rings. The van der Waals surface area contributed by atoms with Gasteiger partial charge in [0.2, 0.25) is 0 Å². The van der Waals surface area contributed by atoms with Crippen molar-refractivity contribution in [2.45, 2.75) is 38.6 Å². The van der Waals surface area contributed by atoms with Gasteiger partial charge in [-0.1, -0.05) is 17.7 Å². The highest BCUT2D eigenvalue weighted by Gasteiger charge is 2.48. The van der Waals surface area contributed by atoms with E-state index in [0.29, 0.717) is 46.4 Å². The van der Waals surface area contributed by atoms with Gasteiger partial charge in [0.25, 0.3) is 0 Å². The van der Waals surface area contributed by atoms with E-state index in [4.69, 9.17) is 26.3 Å². The molecule has 0 unspecified atom stereocenters. The Morgan fingerprint density at radius 1 is 1.23 bits per heavy atom. The monoisotopic (exact) mass is 508 g/mol. The lowest BCUT2D eigenvalue weighted by molar-refractivity contribution is -0.154. The molecule has 35 heavy (non-hydrogen) atoms. The zero-order valence-corrected chi connectivity index (χ0v) is 20.8. The third-order valence-corrected chi connectivity index (χ3v) is 8.26. The van der Waals surface area contributed by atoms with Gasteiger partial charge < -0.3 is 15.0 Å². The number of thiophene rings is 1. The lowest BCUT2D eigenvalue weighted by atomic mass is 9.61. The van der Waals surface area contributed by atoms with Crippen LogP contribution in [0.4, 0.5) is 5.82 Å². The van der Waals surface area contributed by atoms with Crippen molar-refractivity contribution in [3.63, 3.8) is 0 Å². The molecule has 10 heteroatoms. The molecule has 2 N–H and O–H groups in total. The molecule has 0 saturated heterocycles. The molecule has 4 aromatic heterocycles. The van der Waals surface area contributed by atoms with Crippen molar-refractivity contribution in [2.75, 3.05) is 11.9 Å². The fraction of sp³-hybridized carbons (Fsp3) is 0.400. The topological polar surface area (TPSA) is 106 Å². The average molecular weight is 509 g/mol. The number of hydrogen-bond donors (Lipinski definition) is 2. The van der Waals surface area contributed by atoms with Crippen molar-refractivity contribution in [1.82, 2.24) is 24.9 Å². The van der Waals surface area contributed by atoms with E-state index in [2.05, 4.69) is 20.3 Å². The predicted octanol–water partition coefficient (Wildman–Crippen LogP) is 5.58. The number of carbonyl (C=O) groups excluding carboxylic acids is 1. The highest BCUT2D eigenvalue weighted by atomic mass is 35.5. The summed E-state index contributed by atoms with van der Waals surface area (Å²) in [6.07, 6.45) is 7.71. The zero-order valence-electron chi connectivity index (χ0n) is 19.2. The third kappa shape index (κ3) is 4.16. The van der Waals surface area contributed by atoms with Gasteiger partial charge in [-0.2, -0.15) is 0 Å². The average Bonchev–Trinajstić information content (AvgIpc) is 3.55. The standard InChI is InChI=1S/C25H25ClN6O2S/c1-2-34-25(33)20-13-5-7-14(8-6-13)21(20)31-19-10-16(17-4-3-9-35-17)29-23(32-19)15-11-27-24-22(15)30-18(26)12-28-24/h3-4,9-14,20-21H,2,5-8H2,1H3,(H,27,28)(H,29,31,32)/t13?,14?,20-,21-/m0/s1. The van der Waals surface area contributed by atoms with Crippen molar-refractivity contribution in [1.29, 1.82) is 0 Å². The van der Waals surface area contributed by atoms with Gasteiger partial charge >= 0.3 is 5.97 Å². The Kier molecular flexibility index (Phi) is 5.89. The van der Waals surface area contributed by atoms with Gasteiger partial charge in [0.15, 0.2) is 11.5 Å². The Balaban J connectivity index is 1.42. The minimum absolute atomic E-state index is 0.0160. The molecule has 3 aliphatic carbocycles. The Labute approximate surface area is 211 Å². The van der Waals surface area contributed by atoms with Crippen LogP contribution >= 0.6 is 22.9 Å². The second kappa shape index (κ2) is 9.20. The minimum Gasteiger partial charge on any atom is -0.466 e. The molecule has 2 bridgehead atoms. The first kappa shape index (κ1) is 22.4. The van der Waals surface area contributed by atoms with Gasteiger partial charge in [-0.25, -0.2) is 19.9 Å². The Bertz CT molecular complexity index is 1370. The quantitative estimate of drug-likeness (QED) is 0.327. The van der Waals surface area contributed by atoms with Gasteiger partial charge in [0.05, 0.1) is 34.9 Å². The molecule has 0 spiro atoms. The van der Waals surface area contributed by atoms with E-state index >= 15 is 0 Å². The van der Waals surface area contributed by atoms with Crippen molar-refractivity contribution in [3.05, 3.63) is 41.1 Å². The second-order valence-corrected chi connectivity index (χ2v) is 10.5. The van der Waals surface area contributed by atoms with Crippen LogP contribution in [0.25, 0.3) is 33.1 Å². The maximum atomic E-state index is 12.9. The van der Waals surface area contributed by atoms with Crippen LogP contribution in [0.3, 0.4) is 0 Å². The molecule has 7 rings (SSSR count). The van der Waals surface area contributed by atoms with Crippen LogP contribution in [0.1, 0.15) is 32.6 Å². The lowest BCUT2D eigenvalue weighted by Gasteiger charge is -2.47. The van der Waals surface area contributed by atoms with Crippen molar-refractivity contribution in [2.24, 2.45) is 17.8 Å². The van der Waals surface area contributed by atoms with Crippen LogP contribution in [0, 0.1) is 17.8 Å². The van der Waals surface area contributed by atoms with Gasteiger partial charge in [0.1, 0.15) is 16.5 Å². The molecule has 3 saturated carbocycles. The van der Waals surface area contributed by atoms with Crippen molar-refractivity contribution in [3.8, 4) is 22.0 Å². The molecule has 2 atom stereocenters. The molecular formula is C25H25ClN6O2S. The number of carbonyl (C=O) groups is 1. The molecule has 3 aliphatic rings. The van der Waals surface area contributed by atoms with Crippen molar-refractivity contribution < 1.29 is 9.53 Å². The van der Waals surface area contributed by atoms with E-state index in [1.54, 1.807) is 11.3 Å². The Morgan fingerprint density at radius 3 is 2.83 bits per heavy atom. The summed E-state index contributed by atoms with van der Waals surface area (Å²) in [6, 6.07) is 5.99. The van der Waals surface area contributed by atoms with Gasteiger partial charge in [-0.15, -0.1) is 11.3 Å². The molecule has 0 aromatic carbocycles. The van der Waals surface area contributed by atoms with Gasteiger partial charge in [0, 0.05) is 18.3 Å². The highest BCUT2D eigenvalue weighted by molar-refractivity contribution is 7.13. The summed E-state index contributed by atoms with van der Waals surface area (Å²) in [5.74, 6) is 1.71. The fourth-order valence-corrected chi connectivity index (χ4v) is 6.46. The zero-order chi connectivity index (χ0) is 23.9. The Morgan fingerprint density at radius 2 is 2.06 bits per heavy atom. The first-order chi connectivity index (χ1) is 17.1. The first-order valence-electron chi connectivity index (χ1n) is 12.0. The lowest BCUT2D eigenvalue weighted by Crippen LogP contribution is -2.52. The number of H-pyrrole nitrogens is 1. The fourth-order valence-electron chi connectivity index (χ4n) is 5.64. The predicted molar refractivity (Wildman–Crippen MR) is 136 cm³/mol. The summed E-state index contributed by atoms with van der Waals surface area (Å²) in [6.45, 7) is 2.26. The van der Waals surface area contributed by atoms with E-state index in [-0.39, 0.29) is 17.9 Å². The second-order valence-electron chi connectivity index (χ2n) is 9.15. The molecular weight excluding hydrogens is 484 g/mol. The smallest absolute Gasteiger partial charge is 0.311 e. The molecule has 4 heterocycles. The SMILES string of the molecule is CCOC(=O)[C@H]1C2CCC(CC2)[C@@H]1Nc1cc(-c2cccs2)nc(-c2c[nH]c3ncc(Cl)nc23)n1.